The third-order valence-electron chi connectivity index (χ3n) is 2.71. The number of rotatable bonds is 3. The highest BCUT2D eigenvalue weighted by Crippen LogP contribution is 2.22. The zero-order chi connectivity index (χ0) is 13.2. The van der Waals surface area contributed by atoms with Gasteiger partial charge in [0.2, 0.25) is 0 Å². The molecule has 0 atom stereocenters. The number of imidazole rings is 1. The van der Waals surface area contributed by atoms with E-state index in [1.54, 1.807) is 11.3 Å². The maximum atomic E-state index is 4.50. The summed E-state index contributed by atoms with van der Waals surface area (Å²) in [7, 11) is 3.98. The molecule has 0 aliphatic rings. The summed E-state index contributed by atoms with van der Waals surface area (Å²) < 4.78 is 0. The topological polar surface area (TPSA) is 44.8 Å². The average Bonchev–Trinajstić information content (AvgIpc) is 3.02. The lowest BCUT2D eigenvalue weighted by atomic mass is 10.3. The van der Waals surface area contributed by atoms with Crippen molar-refractivity contribution >= 4 is 39.7 Å². The molecule has 2 heterocycles. The Bertz CT molecular complexity index is 691. The maximum Gasteiger partial charge on any atom is 0.185 e. The predicted octanol–water partition coefficient (Wildman–Crippen LogP) is 3.26. The van der Waals surface area contributed by atoms with Gasteiger partial charge in [-0.2, -0.15) is 0 Å². The van der Waals surface area contributed by atoms with Crippen molar-refractivity contribution in [3.63, 3.8) is 0 Å². The summed E-state index contributed by atoms with van der Waals surface area (Å²) >= 11 is 1.65. The normalized spacial score (nSPS) is 11.5. The number of aromatic nitrogens is 3. The second-order valence-corrected chi connectivity index (χ2v) is 5.45. The van der Waals surface area contributed by atoms with E-state index in [1.165, 1.54) is 0 Å². The van der Waals surface area contributed by atoms with Crippen LogP contribution in [0.4, 0.5) is 5.13 Å². The van der Waals surface area contributed by atoms with Gasteiger partial charge in [-0.3, -0.25) is 0 Å². The standard InChI is InChI=1S/C14H14N4S/c1-18(2)14-15-9-10(19-14)7-8-13-16-11-5-3-4-6-12(11)17-13/h3-9H,1-2H3,(H,16,17). The molecule has 0 radical (unpaired) electrons. The molecule has 4 nitrogen and oxygen atoms in total. The molecule has 0 unspecified atom stereocenters. The molecule has 0 aliphatic carbocycles. The number of hydrogen-bond acceptors (Lipinski definition) is 4. The Morgan fingerprint density at radius 2 is 2.05 bits per heavy atom. The van der Waals surface area contributed by atoms with Crippen molar-refractivity contribution in [2.24, 2.45) is 0 Å². The highest BCUT2D eigenvalue weighted by molar-refractivity contribution is 7.16. The zero-order valence-corrected chi connectivity index (χ0v) is 11.6. The fraction of sp³-hybridized carbons (Fsp3) is 0.143. The number of anilines is 1. The van der Waals surface area contributed by atoms with Crippen molar-refractivity contribution in [1.29, 1.82) is 0 Å². The average molecular weight is 270 g/mol. The van der Waals surface area contributed by atoms with Crippen LogP contribution in [0.5, 0.6) is 0 Å². The van der Waals surface area contributed by atoms with Crippen LogP contribution >= 0.6 is 11.3 Å². The van der Waals surface area contributed by atoms with Gasteiger partial charge in [-0.1, -0.05) is 23.5 Å². The molecule has 0 spiro atoms. The second-order valence-electron chi connectivity index (χ2n) is 4.41. The Balaban J connectivity index is 1.84. The number of nitrogens with zero attached hydrogens (tertiary/aromatic N) is 3. The van der Waals surface area contributed by atoms with Crippen molar-refractivity contribution in [1.82, 2.24) is 15.0 Å². The minimum absolute atomic E-state index is 0.862. The van der Waals surface area contributed by atoms with Crippen molar-refractivity contribution in [2.45, 2.75) is 0 Å². The van der Waals surface area contributed by atoms with Crippen LogP contribution in [0.2, 0.25) is 0 Å². The molecule has 2 aromatic heterocycles. The van der Waals surface area contributed by atoms with Crippen LogP contribution in [0.1, 0.15) is 10.7 Å². The van der Waals surface area contributed by atoms with E-state index in [9.17, 15) is 0 Å². The van der Waals surface area contributed by atoms with Gasteiger partial charge in [-0.15, -0.1) is 0 Å². The van der Waals surface area contributed by atoms with E-state index < -0.39 is 0 Å². The molecule has 0 aliphatic heterocycles. The summed E-state index contributed by atoms with van der Waals surface area (Å²) in [5.41, 5.74) is 2.04. The number of H-pyrrole nitrogens is 1. The maximum absolute atomic E-state index is 4.50. The predicted molar refractivity (Wildman–Crippen MR) is 81.5 cm³/mol. The third-order valence-corrected chi connectivity index (χ3v) is 3.84. The van der Waals surface area contributed by atoms with Crippen LogP contribution < -0.4 is 4.90 Å². The van der Waals surface area contributed by atoms with Gasteiger partial charge in [-0.25, -0.2) is 9.97 Å². The van der Waals surface area contributed by atoms with Crippen LogP contribution in [-0.4, -0.2) is 29.0 Å². The first-order valence-corrected chi connectivity index (χ1v) is 6.80. The molecular weight excluding hydrogens is 256 g/mol. The largest absolute Gasteiger partial charge is 0.354 e. The van der Waals surface area contributed by atoms with E-state index >= 15 is 0 Å². The van der Waals surface area contributed by atoms with E-state index in [4.69, 9.17) is 0 Å². The quantitative estimate of drug-likeness (QED) is 0.794. The SMILES string of the molecule is CN(C)c1ncc(C=Cc2nc3ccccc3[nH]2)s1. The molecule has 96 valence electrons. The van der Waals surface area contributed by atoms with Crippen LogP contribution in [0.3, 0.4) is 0 Å². The summed E-state index contributed by atoms with van der Waals surface area (Å²) in [5, 5.41) is 1.00. The smallest absolute Gasteiger partial charge is 0.185 e. The van der Waals surface area contributed by atoms with E-state index in [-0.39, 0.29) is 0 Å². The number of para-hydroxylation sites is 2. The molecule has 1 N–H and O–H groups in total. The van der Waals surface area contributed by atoms with Crippen molar-refractivity contribution in [3.05, 3.63) is 41.2 Å². The minimum Gasteiger partial charge on any atom is -0.354 e. The number of thiazole rings is 1. The Morgan fingerprint density at radius 3 is 2.79 bits per heavy atom. The molecule has 1 aromatic carbocycles. The Hall–Kier alpha value is -2.14. The minimum atomic E-state index is 0.862. The van der Waals surface area contributed by atoms with Gasteiger partial charge in [0.25, 0.3) is 0 Å². The molecule has 0 saturated heterocycles. The lowest BCUT2D eigenvalue weighted by Gasteiger charge is -2.04. The lowest BCUT2D eigenvalue weighted by molar-refractivity contribution is 1.10. The first-order valence-electron chi connectivity index (χ1n) is 5.98. The third kappa shape index (κ3) is 2.51. The lowest BCUT2D eigenvalue weighted by Crippen LogP contribution is -2.07. The number of fused-ring (bicyclic) bond motifs is 1. The molecule has 0 amide bonds. The van der Waals surface area contributed by atoms with E-state index in [2.05, 4.69) is 15.0 Å². The summed E-state index contributed by atoms with van der Waals surface area (Å²) in [6, 6.07) is 8.01. The van der Waals surface area contributed by atoms with Crippen molar-refractivity contribution in [3.8, 4) is 0 Å². The highest BCUT2D eigenvalue weighted by atomic mass is 32.1. The first kappa shape index (κ1) is 11.9. The van der Waals surface area contributed by atoms with E-state index in [0.717, 1.165) is 26.9 Å². The van der Waals surface area contributed by atoms with Gasteiger partial charge in [-0.05, 0) is 24.3 Å². The Kier molecular flexibility index (Phi) is 3.05. The summed E-state index contributed by atoms with van der Waals surface area (Å²) in [6.07, 6.45) is 5.88. The zero-order valence-electron chi connectivity index (χ0n) is 10.8. The first-order chi connectivity index (χ1) is 9.22. The van der Waals surface area contributed by atoms with Gasteiger partial charge < -0.3 is 9.88 Å². The van der Waals surface area contributed by atoms with E-state index in [1.807, 2.05) is 61.6 Å². The Labute approximate surface area is 115 Å². The van der Waals surface area contributed by atoms with Crippen LogP contribution in [0.15, 0.2) is 30.5 Å². The molecule has 0 bridgehead atoms. The van der Waals surface area contributed by atoms with Gasteiger partial charge in [0.05, 0.1) is 11.0 Å². The van der Waals surface area contributed by atoms with Gasteiger partial charge in [0, 0.05) is 25.2 Å². The van der Waals surface area contributed by atoms with Crippen molar-refractivity contribution < 1.29 is 0 Å². The molecule has 3 aromatic rings. The number of nitrogens with one attached hydrogen (secondary N) is 1. The molecule has 0 fully saturated rings. The number of hydrogen-bond donors (Lipinski definition) is 1. The van der Waals surface area contributed by atoms with Crippen LogP contribution in [0.25, 0.3) is 23.2 Å². The highest BCUT2D eigenvalue weighted by Gasteiger charge is 2.01. The summed E-state index contributed by atoms with van der Waals surface area (Å²) in [5.74, 6) is 0.862. The van der Waals surface area contributed by atoms with Crippen LogP contribution in [0, 0.1) is 0 Å². The molecule has 0 saturated carbocycles. The van der Waals surface area contributed by atoms with Crippen LogP contribution in [-0.2, 0) is 0 Å². The van der Waals surface area contributed by atoms with Crippen molar-refractivity contribution in [2.75, 3.05) is 19.0 Å². The molecule has 3 rings (SSSR count). The Morgan fingerprint density at radius 1 is 1.21 bits per heavy atom. The fourth-order valence-electron chi connectivity index (χ4n) is 1.77. The summed E-state index contributed by atoms with van der Waals surface area (Å²) in [4.78, 5) is 15.2. The fourth-order valence-corrected chi connectivity index (χ4v) is 2.51. The second kappa shape index (κ2) is 4.85. The summed E-state index contributed by atoms with van der Waals surface area (Å²) in [6.45, 7) is 0. The van der Waals surface area contributed by atoms with Gasteiger partial charge in [0.1, 0.15) is 5.82 Å². The monoisotopic (exact) mass is 270 g/mol. The van der Waals surface area contributed by atoms with Gasteiger partial charge in [0.15, 0.2) is 5.13 Å². The van der Waals surface area contributed by atoms with Gasteiger partial charge >= 0.3 is 0 Å². The number of benzene rings is 1. The molecule has 5 heteroatoms. The molecule has 19 heavy (non-hydrogen) atoms. The number of aromatic amines is 1. The van der Waals surface area contributed by atoms with E-state index in [0.29, 0.717) is 0 Å². The molecular formula is C14H14N4S.